The Balaban J connectivity index is 2.42. The van der Waals surface area contributed by atoms with E-state index >= 15 is 0 Å². The maximum atomic E-state index is 12.1. The molecule has 4 nitrogen and oxygen atoms in total. The lowest BCUT2D eigenvalue weighted by atomic mass is 9.89. The summed E-state index contributed by atoms with van der Waals surface area (Å²) in [6, 6.07) is 9.14. The lowest BCUT2D eigenvalue weighted by Crippen LogP contribution is -2.08. The Labute approximate surface area is 128 Å². The molecule has 0 spiro atoms. The minimum absolute atomic E-state index is 0.0177. The number of hydrogen-bond acceptors (Lipinski definition) is 3. The Kier molecular flexibility index (Phi) is 6.57. The quantitative estimate of drug-likeness (QED) is 0.748. The van der Waals surface area contributed by atoms with Crippen LogP contribution in [0.3, 0.4) is 0 Å². The Morgan fingerprint density at radius 2 is 1.90 bits per heavy atom. The highest BCUT2D eigenvalue weighted by Gasteiger charge is 2.15. The first kappa shape index (κ1) is 17.4. The van der Waals surface area contributed by atoms with Crippen molar-refractivity contribution in [3.8, 4) is 6.07 Å². The maximum absolute atomic E-state index is 12.1. The van der Waals surface area contributed by atoms with Crippen molar-refractivity contribution in [2.24, 2.45) is 5.41 Å². The van der Waals surface area contributed by atoms with Gasteiger partial charge >= 0.3 is 5.97 Å². The number of rotatable bonds is 8. The van der Waals surface area contributed by atoms with Gasteiger partial charge < -0.3 is 5.11 Å². The number of hydrogen-bond donors (Lipinski definition) is 1. The molecule has 0 radical (unpaired) electrons. The zero-order valence-corrected chi connectivity index (χ0v) is 13.3. The highest BCUT2D eigenvalue weighted by Crippen LogP contribution is 2.22. The molecule has 114 valence electrons. The molecule has 1 aromatic rings. The first-order valence-corrected chi connectivity index (χ1v) is 8.26. The molecule has 1 atom stereocenters. The Hall–Kier alpha value is -1.67. The van der Waals surface area contributed by atoms with Crippen molar-refractivity contribution in [3.63, 3.8) is 0 Å². The van der Waals surface area contributed by atoms with E-state index in [1.807, 2.05) is 13.8 Å². The number of carboxylic acids is 1. The Bertz CT molecular complexity index is 544. The maximum Gasteiger partial charge on any atom is 0.307 e. The number of unbranched alkanes of at least 4 members (excludes halogenated alkanes) is 1. The van der Waals surface area contributed by atoms with Crippen LogP contribution in [0.2, 0.25) is 0 Å². The van der Waals surface area contributed by atoms with Crippen molar-refractivity contribution in [2.75, 3.05) is 5.75 Å². The second-order valence-corrected chi connectivity index (χ2v) is 7.29. The molecule has 0 aliphatic heterocycles. The highest BCUT2D eigenvalue weighted by molar-refractivity contribution is 7.85. The van der Waals surface area contributed by atoms with Gasteiger partial charge in [-0.2, -0.15) is 5.26 Å². The predicted octanol–water partition coefficient (Wildman–Crippen LogP) is 3.14. The van der Waals surface area contributed by atoms with E-state index in [2.05, 4.69) is 6.07 Å². The van der Waals surface area contributed by atoms with Crippen LogP contribution in [0, 0.1) is 16.7 Å². The molecule has 1 N–H and O–H groups in total. The fraction of sp³-hybridized carbons (Fsp3) is 0.500. The van der Waals surface area contributed by atoms with Crippen molar-refractivity contribution in [3.05, 3.63) is 29.8 Å². The summed E-state index contributed by atoms with van der Waals surface area (Å²) in [5.41, 5.74) is 0.388. The van der Waals surface area contributed by atoms with Crippen LogP contribution >= 0.6 is 0 Å². The monoisotopic (exact) mass is 307 g/mol. The predicted molar refractivity (Wildman–Crippen MR) is 82.3 cm³/mol. The number of carbonyl (C=O) groups is 1. The molecule has 21 heavy (non-hydrogen) atoms. The number of aliphatic carboxylic acids is 1. The summed E-state index contributed by atoms with van der Waals surface area (Å²) in [4.78, 5) is 11.3. The zero-order chi connectivity index (χ0) is 15.9. The van der Waals surface area contributed by atoms with Gasteiger partial charge in [0.2, 0.25) is 0 Å². The van der Waals surface area contributed by atoms with Gasteiger partial charge in [0.15, 0.2) is 0 Å². The molecule has 0 saturated heterocycles. The summed E-state index contributed by atoms with van der Waals surface area (Å²) in [5.74, 6) is -0.302. The highest BCUT2D eigenvalue weighted by atomic mass is 32.2. The molecule has 0 aliphatic carbocycles. The van der Waals surface area contributed by atoms with E-state index in [4.69, 9.17) is 10.4 Å². The molecule has 5 heteroatoms. The van der Waals surface area contributed by atoms with Crippen LogP contribution in [0.15, 0.2) is 29.2 Å². The zero-order valence-electron chi connectivity index (χ0n) is 12.5. The summed E-state index contributed by atoms with van der Waals surface area (Å²) < 4.78 is 12.1. The molecule has 0 amide bonds. The fourth-order valence-corrected chi connectivity index (χ4v) is 3.05. The Morgan fingerprint density at radius 3 is 2.43 bits per heavy atom. The molecule has 0 saturated carbocycles. The number of benzene rings is 1. The first-order valence-electron chi connectivity index (χ1n) is 6.94. The standard InChI is InChI=1S/C16H21NO3S/c1-16(2,12-17)9-3-4-10-21(20)14-7-5-13(6-8-14)11-15(18)19/h5-8H,3-4,9-11H2,1-2H3,(H,18,19). The topological polar surface area (TPSA) is 78.2 Å². The second-order valence-electron chi connectivity index (χ2n) is 5.72. The summed E-state index contributed by atoms with van der Waals surface area (Å²) in [7, 11) is -1.06. The number of nitriles is 1. The molecule has 1 unspecified atom stereocenters. The van der Waals surface area contributed by atoms with Crippen LogP contribution in [0.1, 0.15) is 38.7 Å². The molecule has 0 aromatic heterocycles. The summed E-state index contributed by atoms with van der Waals surface area (Å²) in [5, 5.41) is 17.6. The summed E-state index contributed by atoms with van der Waals surface area (Å²) >= 11 is 0. The van der Waals surface area contributed by atoms with Crippen LogP contribution in [0.4, 0.5) is 0 Å². The van der Waals surface area contributed by atoms with Gasteiger partial charge in [-0.3, -0.25) is 9.00 Å². The largest absolute Gasteiger partial charge is 0.481 e. The molecular formula is C16H21NO3S. The van der Waals surface area contributed by atoms with Crippen LogP contribution in [-0.4, -0.2) is 21.0 Å². The van der Waals surface area contributed by atoms with E-state index in [1.165, 1.54) is 0 Å². The van der Waals surface area contributed by atoms with E-state index in [1.54, 1.807) is 24.3 Å². The summed E-state index contributed by atoms with van der Waals surface area (Å²) in [6.45, 7) is 3.82. The van der Waals surface area contributed by atoms with Gasteiger partial charge in [0.25, 0.3) is 0 Å². The smallest absolute Gasteiger partial charge is 0.307 e. The normalized spacial score (nSPS) is 12.6. The van der Waals surface area contributed by atoms with E-state index in [0.29, 0.717) is 11.3 Å². The molecule has 0 fully saturated rings. The van der Waals surface area contributed by atoms with Crippen LogP contribution in [0.25, 0.3) is 0 Å². The average molecular weight is 307 g/mol. The molecule has 1 aromatic carbocycles. The lowest BCUT2D eigenvalue weighted by Gasteiger charge is -2.14. The van der Waals surface area contributed by atoms with Gasteiger partial charge in [-0.25, -0.2) is 0 Å². The van der Waals surface area contributed by atoms with Gasteiger partial charge in [0, 0.05) is 10.6 Å². The van der Waals surface area contributed by atoms with Crippen molar-refractivity contribution in [2.45, 2.75) is 44.4 Å². The molecule has 1 rings (SSSR count). The van der Waals surface area contributed by atoms with Gasteiger partial charge in [-0.1, -0.05) is 18.6 Å². The lowest BCUT2D eigenvalue weighted by molar-refractivity contribution is -0.136. The third kappa shape index (κ3) is 6.54. The van der Waals surface area contributed by atoms with Gasteiger partial charge in [-0.15, -0.1) is 0 Å². The first-order chi connectivity index (χ1) is 9.84. The third-order valence-electron chi connectivity index (χ3n) is 3.23. The minimum Gasteiger partial charge on any atom is -0.481 e. The van der Waals surface area contributed by atoms with E-state index < -0.39 is 16.8 Å². The van der Waals surface area contributed by atoms with Crippen molar-refractivity contribution < 1.29 is 14.1 Å². The van der Waals surface area contributed by atoms with E-state index in [0.717, 1.165) is 24.2 Å². The SMILES string of the molecule is CC(C)(C#N)CCCCS(=O)c1ccc(CC(=O)O)cc1. The van der Waals surface area contributed by atoms with Crippen LogP contribution in [0.5, 0.6) is 0 Å². The second kappa shape index (κ2) is 7.94. The van der Waals surface area contributed by atoms with Crippen molar-refractivity contribution >= 4 is 16.8 Å². The third-order valence-corrected chi connectivity index (χ3v) is 4.68. The minimum atomic E-state index is -1.06. The van der Waals surface area contributed by atoms with Crippen molar-refractivity contribution in [1.29, 1.82) is 5.26 Å². The van der Waals surface area contributed by atoms with Gasteiger partial charge in [0.05, 0.1) is 28.7 Å². The summed E-state index contributed by atoms with van der Waals surface area (Å²) in [6.07, 6.45) is 2.48. The van der Waals surface area contributed by atoms with Crippen molar-refractivity contribution in [1.82, 2.24) is 0 Å². The Morgan fingerprint density at radius 1 is 1.29 bits per heavy atom. The molecule has 0 aliphatic rings. The van der Waals surface area contributed by atoms with Crippen LogP contribution < -0.4 is 0 Å². The molecule has 0 bridgehead atoms. The number of nitrogens with zero attached hydrogens (tertiary/aromatic N) is 1. The van der Waals surface area contributed by atoms with Gasteiger partial charge in [0.1, 0.15) is 0 Å². The molecular weight excluding hydrogens is 286 g/mol. The van der Waals surface area contributed by atoms with Gasteiger partial charge in [-0.05, 0) is 44.4 Å². The number of carboxylic acid groups (broad SMARTS) is 1. The van der Waals surface area contributed by atoms with Crippen LogP contribution in [-0.2, 0) is 22.0 Å². The van der Waals surface area contributed by atoms with E-state index in [9.17, 15) is 9.00 Å². The fourth-order valence-electron chi connectivity index (χ4n) is 1.91. The average Bonchev–Trinajstić information content (AvgIpc) is 2.43. The molecule has 0 heterocycles. The van der Waals surface area contributed by atoms with E-state index in [-0.39, 0.29) is 11.8 Å².